The standard InChI is InChI=1S/C17H18N2O/c1-11-7-8-12(2)15(9-11)19-17(20)16-10-13-5-3-4-6-14(13)18-16/h3-9,16,18H,10H2,1-2H3,(H,19,20)/t16-/m0/s1. The molecule has 0 aromatic heterocycles. The second kappa shape index (κ2) is 5.00. The number of carbonyl (C=O) groups excluding carboxylic acids is 1. The van der Waals surface area contributed by atoms with E-state index in [4.69, 9.17) is 0 Å². The third kappa shape index (κ3) is 2.39. The molecule has 1 amide bonds. The topological polar surface area (TPSA) is 41.1 Å². The normalized spacial score (nSPS) is 16.4. The summed E-state index contributed by atoms with van der Waals surface area (Å²) < 4.78 is 0. The summed E-state index contributed by atoms with van der Waals surface area (Å²) in [5, 5.41) is 6.30. The quantitative estimate of drug-likeness (QED) is 0.876. The molecule has 1 aliphatic rings. The molecule has 1 atom stereocenters. The molecule has 2 aromatic carbocycles. The molecular formula is C17H18N2O. The van der Waals surface area contributed by atoms with Crippen molar-refractivity contribution in [2.45, 2.75) is 26.3 Å². The van der Waals surface area contributed by atoms with Crippen LogP contribution in [0, 0.1) is 13.8 Å². The average Bonchev–Trinajstić information content (AvgIpc) is 2.87. The molecule has 1 aliphatic heterocycles. The van der Waals surface area contributed by atoms with Crippen LogP contribution < -0.4 is 10.6 Å². The van der Waals surface area contributed by atoms with Gasteiger partial charge in [-0.15, -0.1) is 0 Å². The van der Waals surface area contributed by atoms with Gasteiger partial charge in [-0.25, -0.2) is 0 Å². The Morgan fingerprint density at radius 2 is 2.00 bits per heavy atom. The molecule has 1 heterocycles. The lowest BCUT2D eigenvalue weighted by Crippen LogP contribution is -2.33. The number of hydrogen-bond donors (Lipinski definition) is 2. The van der Waals surface area contributed by atoms with Crippen molar-refractivity contribution in [3.63, 3.8) is 0 Å². The second-order valence-corrected chi connectivity index (χ2v) is 5.37. The van der Waals surface area contributed by atoms with Gasteiger partial charge in [0.15, 0.2) is 0 Å². The molecule has 3 rings (SSSR count). The van der Waals surface area contributed by atoms with Crippen molar-refractivity contribution in [2.75, 3.05) is 10.6 Å². The zero-order chi connectivity index (χ0) is 14.1. The number of nitrogens with one attached hydrogen (secondary N) is 2. The van der Waals surface area contributed by atoms with E-state index in [-0.39, 0.29) is 11.9 Å². The maximum Gasteiger partial charge on any atom is 0.247 e. The van der Waals surface area contributed by atoms with Gasteiger partial charge in [0.2, 0.25) is 5.91 Å². The maximum atomic E-state index is 12.4. The minimum absolute atomic E-state index is 0.0231. The Balaban J connectivity index is 1.74. The highest BCUT2D eigenvalue weighted by Gasteiger charge is 2.26. The third-order valence-corrected chi connectivity index (χ3v) is 3.74. The van der Waals surface area contributed by atoms with Crippen LogP contribution in [0.4, 0.5) is 11.4 Å². The van der Waals surface area contributed by atoms with Gasteiger partial charge in [-0.2, -0.15) is 0 Å². The highest BCUT2D eigenvalue weighted by atomic mass is 16.2. The third-order valence-electron chi connectivity index (χ3n) is 3.74. The van der Waals surface area contributed by atoms with Gasteiger partial charge in [0.25, 0.3) is 0 Å². The van der Waals surface area contributed by atoms with Crippen LogP contribution in [0.15, 0.2) is 42.5 Å². The van der Waals surface area contributed by atoms with Gasteiger partial charge in [0, 0.05) is 17.8 Å². The van der Waals surface area contributed by atoms with Gasteiger partial charge in [0.05, 0.1) is 0 Å². The van der Waals surface area contributed by atoms with Crippen LogP contribution in [-0.2, 0) is 11.2 Å². The number of fused-ring (bicyclic) bond motifs is 1. The SMILES string of the molecule is Cc1ccc(C)c(NC(=O)[C@@H]2Cc3ccccc3N2)c1. The summed E-state index contributed by atoms with van der Waals surface area (Å²) in [7, 11) is 0. The van der Waals surface area contributed by atoms with Crippen LogP contribution >= 0.6 is 0 Å². The molecule has 0 saturated carbocycles. The van der Waals surface area contributed by atoms with Gasteiger partial charge >= 0.3 is 0 Å². The number of hydrogen-bond acceptors (Lipinski definition) is 2. The molecule has 2 aromatic rings. The molecular weight excluding hydrogens is 248 g/mol. The van der Waals surface area contributed by atoms with E-state index < -0.39 is 0 Å². The first-order valence-electron chi connectivity index (χ1n) is 6.86. The predicted octanol–water partition coefficient (Wildman–Crippen LogP) is 3.28. The van der Waals surface area contributed by atoms with E-state index in [1.165, 1.54) is 5.56 Å². The Morgan fingerprint density at radius 1 is 1.20 bits per heavy atom. The van der Waals surface area contributed by atoms with Crippen molar-refractivity contribution < 1.29 is 4.79 Å². The second-order valence-electron chi connectivity index (χ2n) is 5.37. The minimum Gasteiger partial charge on any atom is -0.373 e. The van der Waals surface area contributed by atoms with Crippen LogP contribution in [-0.4, -0.2) is 11.9 Å². The fraction of sp³-hybridized carbons (Fsp3) is 0.235. The van der Waals surface area contributed by atoms with Crippen LogP contribution in [0.25, 0.3) is 0 Å². The van der Waals surface area contributed by atoms with Crippen LogP contribution in [0.5, 0.6) is 0 Å². The van der Waals surface area contributed by atoms with E-state index in [1.54, 1.807) is 0 Å². The summed E-state index contributed by atoms with van der Waals surface area (Å²) in [5.41, 5.74) is 5.39. The summed E-state index contributed by atoms with van der Waals surface area (Å²) in [4.78, 5) is 12.4. The molecule has 3 nitrogen and oxygen atoms in total. The smallest absolute Gasteiger partial charge is 0.247 e. The first-order chi connectivity index (χ1) is 9.63. The summed E-state index contributed by atoms with van der Waals surface area (Å²) >= 11 is 0. The number of rotatable bonds is 2. The Labute approximate surface area is 119 Å². The van der Waals surface area contributed by atoms with E-state index >= 15 is 0 Å². The number of benzene rings is 2. The van der Waals surface area contributed by atoms with E-state index in [0.29, 0.717) is 0 Å². The molecule has 3 heteroatoms. The van der Waals surface area contributed by atoms with Crippen molar-refractivity contribution in [1.29, 1.82) is 0 Å². The average molecular weight is 266 g/mol. The molecule has 0 aliphatic carbocycles. The predicted molar refractivity (Wildman–Crippen MR) is 82.1 cm³/mol. The summed E-state index contributed by atoms with van der Waals surface area (Å²) in [5.74, 6) is 0.0231. The van der Waals surface area contributed by atoms with E-state index in [0.717, 1.165) is 28.9 Å². The zero-order valence-electron chi connectivity index (χ0n) is 11.7. The number of anilines is 2. The molecule has 0 saturated heterocycles. The summed E-state index contributed by atoms with van der Waals surface area (Å²) in [6.45, 7) is 4.03. The fourth-order valence-electron chi connectivity index (χ4n) is 2.55. The van der Waals surface area contributed by atoms with Crippen LogP contribution in [0.1, 0.15) is 16.7 Å². The Hall–Kier alpha value is -2.29. The minimum atomic E-state index is -0.188. The molecule has 0 unspecified atom stereocenters. The van der Waals surface area contributed by atoms with Gasteiger partial charge in [0.1, 0.15) is 6.04 Å². The molecule has 2 N–H and O–H groups in total. The first kappa shape index (κ1) is 12.7. The Morgan fingerprint density at radius 3 is 2.80 bits per heavy atom. The van der Waals surface area contributed by atoms with Gasteiger partial charge in [-0.05, 0) is 42.7 Å². The number of para-hydroxylation sites is 1. The van der Waals surface area contributed by atoms with Crippen LogP contribution in [0.2, 0.25) is 0 Å². The lowest BCUT2D eigenvalue weighted by atomic mass is 10.1. The number of amides is 1. The van der Waals surface area contributed by atoms with Crippen molar-refractivity contribution in [2.24, 2.45) is 0 Å². The van der Waals surface area contributed by atoms with Gasteiger partial charge in [-0.1, -0.05) is 30.3 Å². The van der Waals surface area contributed by atoms with Crippen molar-refractivity contribution >= 4 is 17.3 Å². The van der Waals surface area contributed by atoms with Crippen molar-refractivity contribution in [3.8, 4) is 0 Å². The van der Waals surface area contributed by atoms with Gasteiger partial charge < -0.3 is 10.6 Å². The van der Waals surface area contributed by atoms with Crippen molar-refractivity contribution in [3.05, 3.63) is 59.2 Å². The lowest BCUT2D eigenvalue weighted by molar-refractivity contribution is -0.116. The van der Waals surface area contributed by atoms with Gasteiger partial charge in [-0.3, -0.25) is 4.79 Å². The molecule has 0 radical (unpaired) electrons. The summed E-state index contributed by atoms with van der Waals surface area (Å²) in [6.07, 6.45) is 0.743. The Bertz CT molecular complexity index is 639. The monoisotopic (exact) mass is 266 g/mol. The molecule has 0 spiro atoms. The highest BCUT2D eigenvalue weighted by molar-refractivity contribution is 5.98. The highest BCUT2D eigenvalue weighted by Crippen LogP contribution is 2.26. The van der Waals surface area contributed by atoms with Crippen LogP contribution in [0.3, 0.4) is 0 Å². The maximum absolute atomic E-state index is 12.4. The number of aryl methyl sites for hydroxylation is 2. The number of carbonyl (C=O) groups is 1. The largest absolute Gasteiger partial charge is 0.373 e. The molecule has 0 bridgehead atoms. The first-order valence-corrected chi connectivity index (χ1v) is 6.86. The van der Waals surface area contributed by atoms with E-state index in [9.17, 15) is 4.79 Å². The summed E-state index contributed by atoms with van der Waals surface area (Å²) in [6, 6.07) is 14.0. The molecule has 0 fully saturated rings. The van der Waals surface area contributed by atoms with E-state index in [2.05, 4.69) is 22.8 Å². The molecule has 102 valence electrons. The van der Waals surface area contributed by atoms with Crippen molar-refractivity contribution in [1.82, 2.24) is 0 Å². The zero-order valence-corrected chi connectivity index (χ0v) is 11.7. The fourth-order valence-corrected chi connectivity index (χ4v) is 2.55. The lowest BCUT2D eigenvalue weighted by Gasteiger charge is -2.14. The molecule has 20 heavy (non-hydrogen) atoms. The Kier molecular flexibility index (Phi) is 3.18. The van der Waals surface area contributed by atoms with E-state index in [1.807, 2.05) is 44.2 Å².